The van der Waals surface area contributed by atoms with E-state index in [1.54, 1.807) is 0 Å². The molecule has 11 heavy (non-hydrogen) atoms. The van der Waals surface area contributed by atoms with E-state index in [9.17, 15) is 5.11 Å². The van der Waals surface area contributed by atoms with Gasteiger partial charge in [0.25, 0.3) is 0 Å². The number of rotatable bonds is 2. The van der Waals surface area contributed by atoms with Crippen molar-refractivity contribution in [2.75, 3.05) is 6.61 Å². The van der Waals surface area contributed by atoms with E-state index in [1.165, 1.54) is 0 Å². The van der Waals surface area contributed by atoms with E-state index >= 15 is 0 Å². The number of hydrogen-bond acceptors (Lipinski definition) is 2. The number of aliphatic hydroxyl groups is 1. The molecule has 2 nitrogen and oxygen atoms in total. The molecule has 0 amide bonds. The zero-order chi connectivity index (χ0) is 8.27. The van der Waals surface area contributed by atoms with Crippen molar-refractivity contribution in [3.63, 3.8) is 0 Å². The minimum atomic E-state index is -0.501. The molecule has 1 aliphatic heterocycles. The second-order valence-electron chi connectivity index (χ2n) is 3.45. The standard InChI is InChI=1S/C9H18O2/c1-3-7(2)8-5-4-6-11-9(8)10/h7-10H,3-6H2,1-2H3. The third-order valence-electron chi connectivity index (χ3n) is 2.71. The fourth-order valence-electron chi connectivity index (χ4n) is 1.66. The Kier molecular flexibility index (Phi) is 3.34. The van der Waals surface area contributed by atoms with Crippen LogP contribution in [0.5, 0.6) is 0 Å². The predicted molar refractivity (Wildman–Crippen MR) is 44.1 cm³/mol. The van der Waals surface area contributed by atoms with Crippen LogP contribution in [0.4, 0.5) is 0 Å². The third kappa shape index (κ3) is 2.17. The fraction of sp³-hybridized carbons (Fsp3) is 1.00. The molecule has 0 aromatic heterocycles. The van der Waals surface area contributed by atoms with E-state index < -0.39 is 6.29 Å². The summed E-state index contributed by atoms with van der Waals surface area (Å²) in [5.74, 6) is 0.957. The third-order valence-corrected chi connectivity index (χ3v) is 2.71. The summed E-state index contributed by atoms with van der Waals surface area (Å²) in [7, 11) is 0. The van der Waals surface area contributed by atoms with Crippen LogP contribution >= 0.6 is 0 Å². The lowest BCUT2D eigenvalue weighted by atomic mass is 9.86. The zero-order valence-corrected chi connectivity index (χ0v) is 7.42. The molecule has 1 heterocycles. The summed E-state index contributed by atoms with van der Waals surface area (Å²) in [4.78, 5) is 0. The van der Waals surface area contributed by atoms with Gasteiger partial charge in [-0.3, -0.25) is 0 Å². The lowest BCUT2D eigenvalue weighted by molar-refractivity contribution is -0.170. The maximum atomic E-state index is 9.45. The average molecular weight is 158 g/mol. The van der Waals surface area contributed by atoms with E-state index in [2.05, 4.69) is 13.8 Å². The van der Waals surface area contributed by atoms with Crippen molar-refractivity contribution in [3.8, 4) is 0 Å². The highest BCUT2D eigenvalue weighted by Crippen LogP contribution is 2.27. The first-order chi connectivity index (χ1) is 5.25. The van der Waals surface area contributed by atoms with E-state index in [0.717, 1.165) is 25.9 Å². The van der Waals surface area contributed by atoms with Crippen molar-refractivity contribution >= 4 is 0 Å². The Morgan fingerprint density at radius 1 is 1.64 bits per heavy atom. The monoisotopic (exact) mass is 158 g/mol. The van der Waals surface area contributed by atoms with Gasteiger partial charge in [0, 0.05) is 12.5 Å². The average Bonchev–Trinajstić information content (AvgIpc) is 2.04. The van der Waals surface area contributed by atoms with Crippen molar-refractivity contribution in [2.24, 2.45) is 11.8 Å². The quantitative estimate of drug-likeness (QED) is 0.663. The zero-order valence-electron chi connectivity index (χ0n) is 7.42. The highest BCUT2D eigenvalue weighted by atomic mass is 16.6. The Balaban J connectivity index is 2.40. The second kappa shape index (κ2) is 4.07. The molecule has 2 heteroatoms. The molecule has 0 saturated carbocycles. The first-order valence-electron chi connectivity index (χ1n) is 4.55. The minimum absolute atomic E-state index is 0.369. The van der Waals surface area contributed by atoms with Crippen LogP contribution in [0.1, 0.15) is 33.1 Å². The number of aliphatic hydroxyl groups excluding tert-OH is 1. The van der Waals surface area contributed by atoms with Crippen molar-refractivity contribution in [1.82, 2.24) is 0 Å². The van der Waals surface area contributed by atoms with Gasteiger partial charge in [-0.05, 0) is 18.8 Å². The largest absolute Gasteiger partial charge is 0.368 e. The van der Waals surface area contributed by atoms with Crippen molar-refractivity contribution in [1.29, 1.82) is 0 Å². The molecule has 1 N–H and O–H groups in total. The van der Waals surface area contributed by atoms with E-state index in [-0.39, 0.29) is 0 Å². The summed E-state index contributed by atoms with van der Waals surface area (Å²) in [6.07, 6.45) is 2.85. The molecule has 66 valence electrons. The van der Waals surface area contributed by atoms with Gasteiger partial charge in [-0.25, -0.2) is 0 Å². The summed E-state index contributed by atoms with van der Waals surface area (Å²) in [5.41, 5.74) is 0. The van der Waals surface area contributed by atoms with Crippen molar-refractivity contribution in [3.05, 3.63) is 0 Å². The summed E-state index contributed by atoms with van der Waals surface area (Å²) in [6.45, 7) is 5.07. The molecular weight excluding hydrogens is 140 g/mol. The first kappa shape index (κ1) is 9.01. The van der Waals surface area contributed by atoms with E-state index in [4.69, 9.17) is 4.74 Å². The van der Waals surface area contributed by atoms with Gasteiger partial charge in [0.2, 0.25) is 0 Å². The van der Waals surface area contributed by atoms with Crippen LogP contribution in [-0.2, 0) is 4.74 Å². The first-order valence-corrected chi connectivity index (χ1v) is 4.55. The Hall–Kier alpha value is -0.0800. The Labute approximate surface area is 68.6 Å². The molecule has 0 bridgehead atoms. The van der Waals surface area contributed by atoms with Crippen LogP contribution in [-0.4, -0.2) is 18.0 Å². The highest BCUT2D eigenvalue weighted by molar-refractivity contribution is 4.71. The lowest BCUT2D eigenvalue weighted by Gasteiger charge is -2.31. The van der Waals surface area contributed by atoms with Gasteiger partial charge < -0.3 is 9.84 Å². The van der Waals surface area contributed by atoms with Gasteiger partial charge in [0.05, 0.1) is 0 Å². The Morgan fingerprint density at radius 2 is 2.36 bits per heavy atom. The lowest BCUT2D eigenvalue weighted by Crippen LogP contribution is -2.33. The van der Waals surface area contributed by atoms with Gasteiger partial charge >= 0.3 is 0 Å². The molecule has 1 aliphatic rings. The van der Waals surface area contributed by atoms with Gasteiger partial charge in [0.1, 0.15) is 0 Å². The van der Waals surface area contributed by atoms with Crippen LogP contribution in [0, 0.1) is 11.8 Å². The molecule has 1 rings (SSSR count). The molecule has 1 fully saturated rings. The summed E-state index contributed by atoms with van der Waals surface area (Å²) in [6, 6.07) is 0. The molecule has 3 unspecified atom stereocenters. The summed E-state index contributed by atoms with van der Waals surface area (Å²) < 4.78 is 5.17. The SMILES string of the molecule is CCC(C)C1CCCOC1O. The van der Waals surface area contributed by atoms with Crippen molar-refractivity contribution < 1.29 is 9.84 Å². The second-order valence-corrected chi connectivity index (χ2v) is 3.45. The topological polar surface area (TPSA) is 29.5 Å². The Morgan fingerprint density at radius 3 is 2.91 bits per heavy atom. The van der Waals surface area contributed by atoms with Crippen molar-refractivity contribution in [2.45, 2.75) is 39.4 Å². The normalized spacial score (nSPS) is 35.2. The number of ether oxygens (including phenoxy) is 1. The maximum absolute atomic E-state index is 9.45. The smallest absolute Gasteiger partial charge is 0.157 e. The molecule has 0 aromatic rings. The molecule has 0 radical (unpaired) electrons. The summed E-state index contributed by atoms with van der Waals surface area (Å²) in [5, 5.41) is 9.45. The highest BCUT2D eigenvalue weighted by Gasteiger charge is 2.27. The molecule has 1 saturated heterocycles. The van der Waals surface area contributed by atoms with Crippen LogP contribution in [0.25, 0.3) is 0 Å². The predicted octanol–water partition coefficient (Wildman–Crippen LogP) is 1.78. The molecule has 0 aromatic carbocycles. The fourth-order valence-corrected chi connectivity index (χ4v) is 1.66. The van der Waals surface area contributed by atoms with Gasteiger partial charge in [-0.1, -0.05) is 20.3 Å². The van der Waals surface area contributed by atoms with Gasteiger partial charge in [-0.2, -0.15) is 0 Å². The van der Waals surface area contributed by atoms with Crippen LogP contribution in [0.2, 0.25) is 0 Å². The summed E-state index contributed by atoms with van der Waals surface area (Å²) >= 11 is 0. The minimum Gasteiger partial charge on any atom is -0.368 e. The maximum Gasteiger partial charge on any atom is 0.157 e. The molecule has 0 spiro atoms. The van der Waals surface area contributed by atoms with Gasteiger partial charge in [0.15, 0.2) is 6.29 Å². The Bertz CT molecular complexity index is 110. The molecule has 3 atom stereocenters. The van der Waals surface area contributed by atoms with E-state index in [0.29, 0.717) is 11.8 Å². The van der Waals surface area contributed by atoms with Crippen LogP contribution < -0.4 is 0 Å². The van der Waals surface area contributed by atoms with E-state index in [1.807, 2.05) is 0 Å². The van der Waals surface area contributed by atoms with Gasteiger partial charge in [-0.15, -0.1) is 0 Å². The molecular formula is C9H18O2. The van der Waals surface area contributed by atoms with Crippen LogP contribution in [0.3, 0.4) is 0 Å². The number of hydrogen-bond donors (Lipinski definition) is 1. The molecule has 0 aliphatic carbocycles. The van der Waals surface area contributed by atoms with Crippen LogP contribution in [0.15, 0.2) is 0 Å².